The highest BCUT2D eigenvalue weighted by Gasteiger charge is 2.47. The number of benzene rings is 1. The maximum absolute atomic E-state index is 12.6. The summed E-state index contributed by atoms with van der Waals surface area (Å²) in [5.41, 5.74) is 0.944. The number of amidine groups is 1. The molecule has 2 aromatic rings. The van der Waals surface area contributed by atoms with Gasteiger partial charge >= 0.3 is 11.9 Å². The Morgan fingerprint density at radius 2 is 2.08 bits per heavy atom. The highest BCUT2D eigenvalue weighted by Crippen LogP contribution is 2.23. The number of dihydropyridines is 1. The van der Waals surface area contributed by atoms with Crippen LogP contribution in [0.5, 0.6) is 0 Å². The molecule has 26 heavy (non-hydrogen) atoms. The minimum absolute atomic E-state index is 0.136. The number of para-hydroxylation sites is 1. The van der Waals surface area contributed by atoms with Crippen LogP contribution in [0.15, 0.2) is 51.5 Å². The summed E-state index contributed by atoms with van der Waals surface area (Å²) in [7, 11) is 2.93. The molecule has 4 rings (SSSR count). The van der Waals surface area contributed by atoms with Crippen molar-refractivity contribution in [3.05, 3.63) is 47.9 Å². The monoisotopic (exact) mass is 351 g/mol. The highest BCUT2D eigenvalue weighted by molar-refractivity contribution is 6.16. The molecule has 0 spiro atoms. The average molecular weight is 351 g/mol. The van der Waals surface area contributed by atoms with Crippen molar-refractivity contribution in [3.8, 4) is 0 Å². The number of nitrogens with one attached hydrogen (secondary N) is 1. The van der Waals surface area contributed by atoms with Crippen molar-refractivity contribution >= 4 is 40.9 Å². The lowest BCUT2D eigenvalue weighted by atomic mass is 9.98. The van der Waals surface area contributed by atoms with Crippen LogP contribution in [-0.4, -0.2) is 53.5 Å². The molecule has 3 heterocycles. The zero-order chi connectivity index (χ0) is 18.4. The number of urea groups is 1. The molecule has 2 aliphatic heterocycles. The molecule has 4 amide bonds. The maximum atomic E-state index is 12.6. The van der Waals surface area contributed by atoms with Gasteiger partial charge in [0.25, 0.3) is 11.7 Å². The van der Waals surface area contributed by atoms with E-state index in [1.165, 1.54) is 24.9 Å². The molecule has 1 aromatic carbocycles. The van der Waals surface area contributed by atoms with E-state index < -0.39 is 23.8 Å². The second-order valence-corrected chi connectivity index (χ2v) is 6.03. The normalized spacial score (nSPS) is 19.7. The number of furan rings is 1. The van der Waals surface area contributed by atoms with Gasteiger partial charge in [0, 0.05) is 11.1 Å². The van der Waals surface area contributed by atoms with Gasteiger partial charge in [0.15, 0.2) is 11.7 Å². The Balaban J connectivity index is 1.66. The summed E-state index contributed by atoms with van der Waals surface area (Å²) >= 11 is 0. The molecule has 130 valence electrons. The standard InChI is InChI=1S/C18H14N4O4/c1-21-15-14(17(24)22(2)18(21)25)11(7-8-19-15)20-16(23)13-9-10-5-3-4-6-12(10)26-13/h3-9,14H,1-2H3/p+1. The van der Waals surface area contributed by atoms with E-state index in [0.717, 1.165) is 10.3 Å². The lowest BCUT2D eigenvalue weighted by Gasteiger charge is -2.26. The lowest BCUT2D eigenvalue weighted by Crippen LogP contribution is -2.54. The van der Waals surface area contributed by atoms with E-state index in [-0.39, 0.29) is 11.6 Å². The van der Waals surface area contributed by atoms with Crippen molar-refractivity contribution in [3.63, 3.8) is 0 Å². The predicted molar refractivity (Wildman–Crippen MR) is 93.1 cm³/mol. The van der Waals surface area contributed by atoms with Crippen LogP contribution in [0.1, 0.15) is 10.6 Å². The van der Waals surface area contributed by atoms with Gasteiger partial charge in [-0.2, -0.15) is 9.48 Å². The number of amides is 4. The Labute approximate surface area is 148 Å². The van der Waals surface area contributed by atoms with Gasteiger partial charge in [-0.25, -0.2) is 4.79 Å². The van der Waals surface area contributed by atoms with E-state index in [2.05, 4.69) is 10.3 Å². The smallest absolute Gasteiger partial charge is 0.445 e. The van der Waals surface area contributed by atoms with Crippen LogP contribution < -0.4 is 5.32 Å². The number of allylic oxidation sites excluding steroid dienone is 1. The first-order chi connectivity index (χ1) is 12.5. The van der Waals surface area contributed by atoms with Crippen LogP contribution >= 0.6 is 0 Å². The second kappa shape index (κ2) is 5.76. The minimum Gasteiger partial charge on any atom is -0.451 e. The van der Waals surface area contributed by atoms with Gasteiger partial charge in [-0.3, -0.25) is 9.59 Å². The van der Waals surface area contributed by atoms with Crippen molar-refractivity contribution in [2.24, 2.45) is 10.9 Å². The van der Waals surface area contributed by atoms with Gasteiger partial charge in [0.2, 0.25) is 0 Å². The van der Waals surface area contributed by atoms with Gasteiger partial charge in [0.1, 0.15) is 11.8 Å². The third-order valence-corrected chi connectivity index (χ3v) is 4.43. The van der Waals surface area contributed by atoms with Gasteiger partial charge in [-0.15, -0.1) is 4.99 Å². The first-order valence-corrected chi connectivity index (χ1v) is 7.93. The summed E-state index contributed by atoms with van der Waals surface area (Å²) in [6, 6.07) is 8.45. The predicted octanol–water partition coefficient (Wildman–Crippen LogP) is 1.38. The minimum atomic E-state index is -0.846. The molecule has 0 aliphatic carbocycles. The quantitative estimate of drug-likeness (QED) is 0.827. The molecule has 0 bridgehead atoms. The highest BCUT2D eigenvalue weighted by atomic mass is 16.3. The molecule has 0 fully saturated rings. The Morgan fingerprint density at radius 3 is 2.85 bits per heavy atom. The average Bonchev–Trinajstić information content (AvgIpc) is 3.09. The fourth-order valence-corrected chi connectivity index (χ4v) is 3.04. The van der Waals surface area contributed by atoms with Crippen LogP contribution in [0.2, 0.25) is 0 Å². The van der Waals surface area contributed by atoms with Gasteiger partial charge in [-0.05, 0) is 18.2 Å². The molecule has 0 saturated carbocycles. The number of imide groups is 1. The number of nitrogens with zero attached hydrogens (tertiary/aromatic N) is 3. The van der Waals surface area contributed by atoms with Gasteiger partial charge in [0.05, 0.1) is 14.1 Å². The summed E-state index contributed by atoms with van der Waals surface area (Å²) in [4.78, 5) is 42.3. The lowest BCUT2D eigenvalue weighted by molar-refractivity contribution is -0.407. The van der Waals surface area contributed by atoms with Crippen molar-refractivity contribution in [2.75, 3.05) is 14.1 Å². The van der Waals surface area contributed by atoms with Crippen LogP contribution in [0.25, 0.3) is 11.0 Å². The zero-order valence-electron chi connectivity index (χ0n) is 14.1. The number of fused-ring (bicyclic) bond motifs is 2. The number of aliphatic imine (C=N–C) groups is 1. The topological polar surface area (TPSA) is 95.0 Å². The zero-order valence-corrected chi connectivity index (χ0v) is 14.1. The van der Waals surface area contributed by atoms with Crippen LogP contribution in [0.3, 0.4) is 0 Å². The molecule has 8 heteroatoms. The molecule has 1 N–H and O–H groups in total. The summed E-state index contributed by atoms with van der Waals surface area (Å²) in [6.07, 6.45) is 2.99. The summed E-state index contributed by atoms with van der Waals surface area (Å²) in [5, 5.41) is 3.52. The molecule has 0 saturated heterocycles. The summed E-state index contributed by atoms with van der Waals surface area (Å²) in [6.45, 7) is 0. The Bertz CT molecular complexity index is 1030. The maximum Gasteiger partial charge on any atom is 0.445 e. The van der Waals surface area contributed by atoms with E-state index in [4.69, 9.17) is 4.42 Å². The van der Waals surface area contributed by atoms with E-state index in [0.29, 0.717) is 11.3 Å². The van der Waals surface area contributed by atoms with Crippen molar-refractivity contribution in [2.45, 2.75) is 0 Å². The van der Waals surface area contributed by atoms with Crippen molar-refractivity contribution in [1.29, 1.82) is 0 Å². The molecule has 1 unspecified atom stereocenters. The number of rotatable bonds is 2. The third-order valence-electron chi connectivity index (χ3n) is 4.43. The number of hydrogen-bond donors (Lipinski definition) is 1. The van der Waals surface area contributed by atoms with E-state index >= 15 is 0 Å². The molecule has 8 nitrogen and oxygen atoms in total. The number of carbonyl (C=O) groups excluding carboxylic acids is 3. The van der Waals surface area contributed by atoms with E-state index in [1.54, 1.807) is 18.2 Å². The fraction of sp³-hybridized carbons (Fsp3) is 0.167. The van der Waals surface area contributed by atoms with E-state index in [9.17, 15) is 14.4 Å². The number of hydrogen-bond acceptors (Lipinski definition) is 5. The molecule has 1 atom stereocenters. The van der Waals surface area contributed by atoms with Crippen LogP contribution in [0, 0.1) is 5.92 Å². The third kappa shape index (κ3) is 2.34. The summed E-state index contributed by atoms with van der Waals surface area (Å²) < 4.78 is 6.85. The first kappa shape index (κ1) is 15.9. The Hall–Kier alpha value is -3.55. The summed E-state index contributed by atoms with van der Waals surface area (Å²) in [5.74, 6) is -1.35. The van der Waals surface area contributed by atoms with E-state index in [1.807, 2.05) is 18.2 Å². The van der Waals surface area contributed by atoms with Gasteiger partial charge in [-0.1, -0.05) is 18.2 Å². The van der Waals surface area contributed by atoms with Crippen LogP contribution in [-0.2, 0) is 4.79 Å². The van der Waals surface area contributed by atoms with Crippen LogP contribution in [0.4, 0.5) is 4.79 Å². The molecule has 1 aromatic heterocycles. The van der Waals surface area contributed by atoms with Crippen molar-refractivity contribution in [1.82, 2.24) is 10.2 Å². The second-order valence-electron chi connectivity index (χ2n) is 6.03. The SMILES string of the molecule is CN1C(=O)C2C(NC(=O)c3cc4ccccc4o3)=CC=NC2=[N+](C)C1=O. The Morgan fingerprint density at radius 1 is 1.31 bits per heavy atom. The largest absolute Gasteiger partial charge is 0.451 e. The van der Waals surface area contributed by atoms with Gasteiger partial charge < -0.3 is 9.73 Å². The fourth-order valence-electron chi connectivity index (χ4n) is 3.04. The van der Waals surface area contributed by atoms with Crippen molar-refractivity contribution < 1.29 is 23.4 Å². The molecular formula is C18H15N4O4+. The number of carbonyl (C=O) groups is 3. The Kier molecular flexibility index (Phi) is 3.54. The molecule has 0 radical (unpaired) electrons. The first-order valence-electron chi connectivity index (χ1n) is 7.93. The molecule has 2 aliphatic rings. The molecular weight excluding hydrogens is 336 g/mol.